The van der Waals surface area contributed by atoms with Gasteiger partial charge < -0.3 is 9.64 Å². The van der Waals surface area contributed by atoms with E-state index in [0.29, 0.717) is 16.6 Å². The maximum absolute atomic E-state index is 11.8. The van der Waals surface area contributed by atoms with Crippen molar-refractivity contribution in [3.8, 4) is 0 Å². The van der Waals surface area contributed by atoms with Gasteiger partial charge in [0.1, 0.15) is 0 Å². The molecule has 1 saturated heterocycles. The van der Waals surface area contributed by atoms with Gasteiger partial charge in [0, 0.05) is 29.9 Å². The van der Waals surface area contributed by atoms with E-state index in [1.54, 1.807) is 24.3 Å². The number of rotatable bonds is 2. The van der Waals surface area contributed by atoms with Crippen molar-refractivity contribution in [3.63, 3.8) is 0 Å². The smallest absolute Gasteiger partial charge is 0.365 e. The van der Waals surface area contributed by atoms with E-state index in [1.807, 2.05) is 6.20 Å². The van der Waals surface area contributed by atoms with Crippen LogP contribution in [0, 0.1) is 0 Å². The quantitative estimate of drug-likeness (QED) is 0.621. The van der Waals surface area contributed by atoms with Gasteiger partial charge in [-0.2, -0.15) is 0 Å². The molecule has 0 amide bonds. The largest absolute Gasteiger partial charge is 0.402 e. The first kappa shape index (κ1) is 13.2. The van der Waals surface area contributed by atoms with Crippen LogP contribution in [-0.4, -0.2) is 29.9 Å². The molecule has 0 aromatic heterocycles. The number of halogens is 1. The number of carbonyl (C=O) groups is 1. The third-order valence-corrected chi connectivity index (χ3v) is 3.66. The summed E-state index contributed by atoms with van der Waals surface area (Å²) in [5, 5.41) is 0.641. The van der Waals surface area contributed by atoms with E-state index in [2.05, 4.69) is 9.89 Å². The van der Waals surface area contributed by atoms with Gasteiger partial charge in [0.2, 0.25) is 5.90 Å². The average Bonchev–Trinajstić information content (AvgIpc) is 2.82. The highest BCUT2D eigenvalue weighted by Gasteiger charge is 2.25. The van der Waals surface area contributed by atoms with E-state index >= 15 is 0 Å². The van der Waals surface area contributed by atoms with Crippen LogP contribution in [0.25, 0.3) is 0 Å². The Hall–Kier alpha value is -1.81. The SMILES string of the molecule is O=C1OC(c2ccc(Cl)cc2)=NC1=CN1CCCCC1. The van der Waals surface area contributed by atoms with Crippen molar-refractivity contribution in [2.45, 2.75) is 19.3 Å². The Morgan fingerprint density at radius 3 is 2.55 bits per heavy atom. The van der Waals surface area contributed by atoms with E-state index < -0.39 is 0 Å². The summed E-state index contributed by atoms with van der Waals surface area (Å²) in [5.74, 6) is -0.0459. The fourth-order valence-corrected chi connectivity index (χ4v) is 2.46. The Kier molecular flexibility index (Phi) is 3.74. The van der Waals surface area contributed by atoms with Crippen LogP contribution >= 0.6 is 11.6 Å². The van der Waals surface area contributed by atoms with Gasteiger partial charge in [-0.15, -0.1) is 0 Å². The first-order chi connectivity index (χ1) is 9.72. The molecular formula is C15H15ClN2O2. The fourth-order valence-electron chi connectivity index (χ4n) is 2.34. The van der Waals surface area contributed by atoms with Gasteiger partial charge in [0.05, 0.1) is 0 Å². The van der Waals surface area contributed by atoms with E-state index in [0.717, 1.165) is 31.5 Å². The molecule has 3 rings (SSSR count). The second kappa shape index (κ2) is 5.67. The molecule has 1 aromatic carbocycles. The lowest BCUT2D eigenvalue weighted by molar-refractivity contribution is -0.130. The highest BCUT2D eigenvalue weighted by molar-refractivity contribution is 6.30. The zero-order chi connectivity index (χ0) is 13.9. The van der Waals surface area contributed by atoms with Gasteiger partial charge in [0.25, 0.3) is 0 Å². The van der Waals surface area contributed by atoms with Crippen LogP contribution in [0.2, 0.25) is 5.02 Å². The molecule has 0 N–H and O–H groups in total. The van der Waals surface area contributed by atoms with Gasteiger partial charge in [-0.1, -0.05) is 11.6 Å². The first-order valence-electron chi connectivity index (χ1n) is 6.75. The van der Waals surface area contributed by atoms with Crippen LogP contribution in [0.4, 0.5) is 0 Å². The molecule has 1 fully saturated rings. The number of nitrogens with zero attached hydrogens (tertiary/aromatic N) is 2. The van der Waals surface area contributed by atoms with E-state index in [-0.39, 0.29) is 5.97 Å². The normalized spacial score (nSPS) is 21.1. The number of ether oxygens (including phenoxy) is 1. The highest BCUT2D eigenvalue weighted by atomic mass is 35.5. The molecular weight excluding hydrogens is 276 g/mol. The summed E-state index contributed by atoms with van der Waals surface area (Å²) in [6.45, 7) is 1.95. The van der Waals surface area contributed by atoms with Crippen LogP contribution in [0.5, 0.6) is 0 Å². The molecule has 2 aliphatic heterocycles. The third-order valence-electron chi connectivity index (χ3n) is 3.41. The monoisotopic (exact) mass is 290 g/mol. The molecule has 2 aliphatic rings. The van der Waals surface area contributed by atoms with Gasteiger partial charge in [-0.25, -0.2) is 9.79 Å². The van der Waals surface area contributed by atoms with Crippen LogP contribution in [-0.2, 0) is 9.53 Å². The van der Waals surface area contributed by atoms with Crippen LogP contribution in [0.15, 0.2) is 41.2 Å². The summed E-state index contributed by atoms with van der Waals surface area (Å²) < 4.78 is 5.21. The van der Waals surface area contributed by atoms with Gasteiger partial charge >= 0.3 is 5.97 Å². The van der Waals surface area contributed by atoms with E-state index in [1.165, 1.54) is 6.42 Å². The third kappa shape index (κ3) is 2.85. The fraction of sp³-hybridized carbons (Fsp3) is 0.333. The van der Waals surface area contributed by atoms with Gasteiger partial charge in [-0.05, 0) is 43.5 Å². The first-order valence-corrected chi connectivity index (χ1v) is 7.13. The molecule has 5 heteroatoms. The molecule has 104 valence electrons. The molecule has 0 radical (unpaired) electrons. The Bertz CT molecular complexity index is 572. The van der Waals surface area contributed by atoms with Crippen molar-refractivity contribution in [1.82, 2.24) is 4.90 Å². The van der Waals surface area contributed by atoms with Gasteiger partial charge in [-0.3, -0.25) is 0 Å². The van der Waals surface area contributed by atoms with Crippen LogP contribution in [0.1, 0.15) is 24.8 Å². The molecule has 2 heterocycles. The topological polar surface area (TPSA) is 41.9 Å². The molecule has 0 saturated carbocycles. The van der Waals surface area contributed by atoms with Crippen molar-refractivity contribution >= 4 is 23.5 Å². The molecule has 0 unspecified atom stereocenters. The van der Waals surface area contributed by atoms with Crippen molar-refractivity contribution in [1.29, 1.82) is 0 Å². The van der Waals surface area contributed by atoms with Crippen molar-refractivity contribution in [2.24, 2.45) is 4.99 Å². The standard InChI is InChI=1S/C15H15ClN2O2/c16-12-6-4-11(5-7-12)14-17-13(15(19)20-14)10-18-8-2-1-3-9-18/h4-7,10H,1-3,8-9H2. The Morgan fingerprint density at radius 2 is 1.85 bits per heavy atom. The number of hydrogen-bond donors (Lipinski definition) is 0. The number of piperidine rings is 1. The number of aliphatic imine (C=N–C) groups is 1. The summed E-state index contributed by atoms with van der Waals surface area (Å²) in [6, 6.07) is 7.08. The predicted molar refractivity (Wildman–Crippen MR) is 77.6 cm³/mol. The lowest BCUT2D eigenvalue weighted by Gasteiger charge is -2.24. The lowest BCUT2D eigenvalue weighted by Crippen LogP contribution is -2.25. The Balaban J connectivity index is 1.80. The maximum Gasteiger partial charge on any atom is 0.365 e. The number of carbonyl (C=O) groups excluding carboxylic acids is 1. The second-order valence-electron chi connectivity index (χ2n) is 4.92. The maximum atomic E-state index is 11.8. The van der Waals surface area contributed by atoms with Crippen LogP contribution in [0.3, 0.4) is 0 Å². The number of benzene rings is 1. The van der Waals surface area contributed by atoms with Crippen molar-refractivity contribution in [3.05, 3.63) is 46.7 Å². The summed E-state index contributed by atoms with van der Waals surface area (Å²) in [4.78, 5) is 18.3. The predicted octanol–water partition coefficient (Wildman–Crippen LogP) is 2.97. The Labute approximate surface area is 122 Å². The summed E-state index contributed by atoms with van der Waals surface area (Å²) in [5.41, 5.74) is 1.13. The van der Waals surface area contributed by atoms with Crippen LogP contribution < -0.4 is 0 Å². The molecule has 0 aliphatic carbocycles. The molecule has 0 bridgehead atoms. The van der Waals surface area contributed by atoms with E-state index in [9.17, 15) is 4.79 Å². The summed E-state index contributed by atoms with van der Waals surface area (Å²) >= 11 is 5.84. The summed E-state index contributed by atoms with van der Waals surface area (Å²) in [7, 11) is 0. The average molecular weight is 291 g/mol. The number of esters is 1. The van der Waals surface area contributed by atoms with Crippen molar-refractivity contribution < 1.29 is 9.53 Å². The second-order valence-corrected chi connectivity index (χ2v) is 5.36. The molecule has 0 spiro atoms. The summed E-state index contributed by atoms with van der Waals surface area (Å²) in [6.07, 6.45) is 5.38. The van der Waals surface area contributed by atoms with E-state index in [4.69, 9.17) is 16.3 Å². The number of hydrogen-bond acceptors (Lipinski definition) is 4. The zero-order valence-electron chi connectivity index (χ0n) is 11.0. The van der Waals surface area contributed by atoms with Crippen molar-refractivity contribution in [2.75, 3.05) is 13.1 Å². The lowest BCUT2D eigenvalue weighted by atomic mass is 10.1. The zero-order valence-corrected chi connectivity index (χ0v) is 11.8. The molecule has 0 atom stereocenters. The molecule has 1 aromatic rings. The van der Waals surface area contributed by atoms with Gasteiger partial charge in [0.15, 0.2) is 5.70 Å². The molecule has 4 nitrogen and oxygen atoms in total. The minimum atomic E-state index is -0.388. The minimum absolute atomic E-state index is 0.343. The number of cyclic esters (lactones) is 1. The molecule has 20 heavy (non-hydrogen) atoms. The Morgan fingerprint density at radius 1 is 1.15 bits per heavy atom. The minimum Gasteiger partial charge on any atom is -0.402 e. The highest BCUT2D eigenvalue weighted by Crippen LogP contribution is 2.19. The number of likely N-dealkylation sites (tertiary alicyclic amines) is 1.